The van der Waals surface area contributed by atoms with Crippen molar-refractivity contribution < 1.29 is 19.0 Å². The molecule has 6 nitrogen and oxygen atoms in total. The molecule has 0 bridgehead atoms. The summed E-state index contributed by atoms with van der Waals surface area (Å²) in [6.07, 6.45) is 0.579. The topological polar surface area (TPSA) is 60.0 Å². The van der Waals surface area contributed by atoms with Crippen LogP contribution in [0.4, 0.5) is 5.69 Å². The van der Waals surface area contributed by atoms with Crippen molar-refractivity contribution in [1.82, 2.24) is 4.90 Å². The van der Waals surface area contributed by atoms with Gasteiger partial charge in [0, 0.05) is 17.8 Å². The Balaban J connectivity index is 1.79. The minimum atomic E-state index is -0.290. The molecule has 1 atom stereocenters. The van der Waals surface area contributed by atoms with Gasteiger partial charge in [-0.2, -0.15) is 0 Å². The largest absolute Gasteiger partial charge is 0.493 e. The number of hydrogen-bond acceptors (Lipinski definition) is 5. The molecule has 0 spiro atoms. The predicted octanol–water partition coefficient (Wildman–Crippen LogP) is 3.44. The number of rotatable bonds is 4. The fraction of sp³-hybridized carbons (Fsp3) is 0.350. The number of fused-ring (bicyclic) bond motifs is 2. The van der Waals surface area contributed by atoms with Crippen molar-refractivity contribution in [2.45, 2.75) is 19.5 Å². The van der Waals surface area contributed by atoms with Gasteiger partial charge < -0.3 is 24.4 Å². The zero-order chi connectivity index (χ0) is 18.1. The number of nitrogens with zero attached hydrogens (tertiary/aromatic N) is 1. The van der Waals surface area contributed by atoms with E-state index in [2.05, 4.69) is 12.2 Å². The van der Waals surface area contributed by atoms with E-state index in [4.69, 9.17) is 14.2 Å². The first-order chi connectivity index (χ1) is 12.7. The summed E-state index contributed by atoms with van der Waals surface area (Å²) in [5, 5.41) is 3.49. The second kappa shape index (κ2) is 6.78. The molecule has 1 N–H and O–H groups in total. The number of nitrogens with one attached hydrogen (secondary N) is 1. The average molecular weight is 354 g/mol. The number of amides is 1. The summed E-state index contributed by atoms with van der Waals surface area (Å²) in [7, 11) is 1.61. The summed E-state index contributed by atoms with van der Waals surface area (Å²) < 4.78 is 16.9. The van der Waals surface area contributed by atoms with Gasteiger partial charge >= 0.3 is 0 Å². The molecule has 0 saturated heterocycles. The van der Waals surface area contributed by atoms with Gasteiger partial charge in [0.25, 0.3) is 5.91 Å². The number of anilines is 1. The first-order valence-corrected chi connectivity index (χ1v) is 8.87. The lowest BCUT2D eigenvalue weighted by Crippen LogP contribution is -2.43. The monoisotopic (exact) mass is 354 g/mol. The van der Waals surface area contributed by atoms with Crippen LogP contribution < -0.4 is 19.5 Å². The first kappa shape index (κ1) is 16.6. The highest BCUT2D eigenvalue weighted by atomic mass is 16.6. The molecular weight excluding hydrogens is 332 g/mol. The van der Waals surface area contributed by atoms with Gasteiger partial charge in [-0.15, -0.1) is 0 Å². The lowest BCUT2D eigenvalue weighted by Gasteiger charge is -2.38. The summed E-state index contributed by atoms with van der Waals surface area (Å²) in [6.45, 7) is 3.72. The lowest BCUT2D eigenvalue weighted by molar-refractivity contribution is 0.0682. The van der Waals surface area contributed by atoms with Crippen molar-refractivity contribution in [3.63, 3.8) is 0 Å². The van der Waals surface area contributed by atoms with Crippen molar-refractivity contribution >= 4 is 11.6 Å². The van der Waals surface area contributed by atoms with E-state index < -0.39 is 0 Å². The standard InChI is InChI=1S/C20H22N2O4/c1-3-8-22-19(21-15-7-5-4-6-14(15)20(22)23)13-11-16(24-2)18-17(12-13)25-9-10-26-18/h4-7,11-12,19,21H,3,8-10H2,1-2H3/t19-/m1/s1. The van der Waals surface area contributed by atoms with Gasteiger partial charge in [-0.25, -0.2) is 0 Å². The van der Waals surface area contributed by atoms with E-state index in [1.807, 2.05) is 41.3 Å². The molecule has 2 aromatic rings. The van der Waals surface area contributed by atoms with Crippen LogP contribution in [-0.2, 0) is 0 Å². The molecule has 2 aromatic carbocycles. The van der Waals surface area contributed by atoms with Gasteiger partial charge in [0.15, 0.2) is 11.5 Å². The van der Waals surface area contributed by atoms with Crippen LogP contribution in [-0.4, -0.2) is 37.7 Å². The molecule has 136 valence electrons. The van der Waals surface area contributed by atoms with E-state index in [1.54, 1.807) is 7.11 Å². The Labute approximate surface area is 152 Å². The van der Waals surface area contributed by atoms with Crippen LogP contribution in [0.15, 0.2) is 36.4 Å². The molecular formula is C20H22N2O4. The second-order valence-corrected chi connectivity index (χ2v) is 6.34. The highest BCUT2D eigenvalue weighted by Gasteiger charge is 2.33. The zero-order valence-corrected chi connectivity index (χ0v) is 15.0. The summed E-state index contributed by atoms with van der Waals surface area (Å²) in [4.78, 5) is 14.9. The van der Waals surface area contributed by atoms with Crippen LogP contribution in [0, 0.1) is 0 Å². The maximum atomic E-state index is 13.0. The molecule has 1 amide bonds. The smallest absolute Gasteiger partial charge is 0.257 e. The van der Waals surface area contributed by atoms with Crippen molar-refractivity contribution in [3.8, 4) is 17.2 Å². The third-order valence-corrected chi connectivity index (χ3v) is 4.65. The van der Waals surface area contributed by atoms with Crippen LogP contribution in [0.2, 0.25) is 0 Å². The van der Waals surface area contributed by atoms with Gasteiger partial charge in [0.05, 0.1) is 12.7 Å². The fourth-order valence-corrected chi connectivity index (χ4v) is 3.48. The molecule has 4 rings (SSSR count). The molecule has 0 radical (unpaired) electrons. The third kappa shape index (κ3) is 2.71. The van der Waals surface area contributed by atoms with E-state index in [9.17, 15) is 4.79 Å². The maximum Gasteiger partial charge on any atom is 0.257 e. The van der Waals surface area contributed by atoms with Crippen LogP contribution in [0.1, 0.15) is 35.4 Å². The normalized spacial score (nSPS) is 18.2. The van der Waals surface area contributed by atoms with Gasteiger partial charge in [-0.3, -0.25) is 4.79 Å². The molecule has 2 aliphatic heterocycles. The van der Waals surface area contributed by atoms with Crippen LogP contribution in [0.25, 0.3) is 0 Å². The molecule has 0 saturated carbocycles. The predicted molar refractivity (Wildman–Crippen MR) is 98.1 cm³/mol. The number of hydrogen-bond donors (Lipinski definition) is 1. The quantitative estimate of drug-likeness (QED) is 0.911. The third-order valence-electron chi connectivity index (χ3n) is 4.65. The molecule has 26 heavy (non-hydrogen) atoms. The van der Waals surface area contributed by atoms with E-state index >= 15 is 0 Å². The Bertz CT molecular complexity index is 819. The Morgan fingerprint density at radius 1 is 1.23 bits per heavy atom. The van der Waals surface area contributed by atoms with E-state index in [-0.39, 0.29) is 12.1 Å². The number of ether oxygens (including phenoxy) is 3. The van der Waals surface area contributed by atoms with E-state index in [1.165, 1.54) is 0 Å². The van der Waals surface area contributed by atoms with Gasteiger partial charge in [0.1, 0.15) is 19.4 Å². The van der Waals surface area contributed by atoms with E-state index in [0.29, 0.717) is 42.6 Å². The Morgan fingerprint density at radius 3 is 2.85 bits per heavy atom. The maximum absolute atomic E-state index is 13.0. The van der Waals surface area contributed by atoms with Gasteiger partial charge in [0.2, 0.25) is 5.75 Å². The van der Waals surface area contributed by atoms with Gasteiger partial charge in [-0.1, -0.05) is 19.1 Å². The molecule has 0 aromatic heterocycles. The van der Waals surface area contributed by atoms with Crippen LogP contribution in [0.3, 0.4) is 0 Å². The Kier molecular flexibility index (Phi) is 4.32. The Morgan fingerprint density at radius 2 is 2.04 bits per heavy atom. The van der Waals surface area contributed by atoms with Crippen molar-refractivity contribution in [3.05, 3.63) is 47.5 Å². The summed E-state index contributed by atoms with van der Waals surface area (Å²) >= 11 is 0. The second-order valence-electron chi connectivity index (χ2n) is 6.34. The lowest BCUT2D eigenvalue weighted by atomic mass is 10.0. The molecule has 2 heterocycles. The van der Waals surface area contributed by atoms with Crippen molar-refractivity contribution in [1.29, 1.82) is 0 Å². The summed E-state index contributed by atoms with van der Waals surface area (Å²) in [5.74, 6) is 1.91. The Hall–Kier alpha value is -2.89. The number of carbonyl (C=O) groups is 1. The number of para-hydroxylation sites is 1. The highest BCUT2D eigenvalue weighted by Crippen LogP contribution is 2.43. The summed E-state index contributed by atoms with van der Waals surface area (Å²) in [6, 6.07) is 11.4. The van der Waals surface area contributed by atoms with Crippen LogP contribution in [0.5, 0.6) is 17.2 Å². The fourth-order valence-electron chi connectivity index (χ4n) is 3.48. The molecule has 0 fully saturated rings. The molecule has 0 unspecified atom stereocenters. The first-order valence-electron chi connectivity index (χ1n) is 8.87. The molecule has 6 heteroatoms. The molecule has 0 aliphatic carbocycles. The number of carbonyl (C=O) groups excluding carboxylic acids is 1. The minimum absolute atomic E-state index is 0.0278. The number of methoxy groups -OCH3 is 1. The SMILES string of the molecule is CCCN1C(=O)c2ccccc2N[C@H]1c1cc(OC)c2c(c1)OCCO2. The van der Waals surface area contributed by atoms with E-state index in [0.717, 1.165) is 17.7 Å². The van der Waals surface area contributed by atoms with Crippen molar-refractivity contribution in [2.24, 2.45) is 0 Å². The van der Waals surface area contributed by atoms with Crippen molar-refractivity contribution in [2.75, 3.05) is 32.2 Å². The van der Waals surface area contributed by atoms with Crippen LogP contribution >= 0.6 is 0 Å². The minimum Gasteiger partial charge on any atom is -0.493 e. The zero-order valence-electron chi connectivity index (χ0n) is 15.0. The van der Waals surface area contributed by atoms with Gasteiger partial charge in [-0.05, 0) is 30.7 Å². The summed E-state index contributed by atoms with van der Waals surface area (Å²) in [5.41, 5.74) is 2.44. The highest BCUT2D eigenvalue weighted by molar-refractivity contribution is 6.01. The average Bonchev–Trinajstić information content (AvgIpc) is 2.69. The number of benzene rings is 2. The molecule has 2 aliphatic rings.